The highest BCUT2D eigenvalue weighted by atomic mass is 79.9. The van der Waals surface area contributed by atoms with Crippen molar-refractivity contribution >= 4 is 15.9 Å². The summed E-state index contributed by atoms with van der Waals surface area (Å²) in [7, 11) is 1.53. The largest absolute Gasteiger partial charge is 0.495 e. The number of benzene rings is 1. The van der Waals surface area contributed by atoms with E-state index in [0.29, 0.717) is 23.2 Å². The lowest BCUT2D eigenvalue weighted by Crippen LogP contribution is -2.05. The van der Waals surface area contributed by atoms with Crippen molar-refractivity contribution in [1.29, 1.82) is 0 Å². The summed E-state index contributed by atoms with van der Waals surface area (Å²) < 4.78 is 18.7. The van der Waals surface area contributed by atoms with E-state index < -0.39 is 0 Å². The molecule has 1 aromatic rings. The Morgan fingerprint density at radius 1 is 1.50 bits per heavy atom. The molecular weight excluding hydrogens is 253 g/mol. The van der Waals surface area contributed by atoms with Crippen molar-refractivity contribution in [2.24, 2.45) is 5.90 Å². The van der Waals surface area contributed by atoms with E-state index in [1.54, 1.807) is 0 Å². The van der Waals surface area contributed by atoms with Crippen LogP contribution in [0.2, 0.25) is 0 Å². The van der Waals surface area contributed by atoms with Crippen molar-refractivity contribution in [3.8, 4) is 5.75 Å². The van der Waals surface area contributed by atoms with Crippen LogP contribution in [0.5, 0.6) is 5.75 Å². The van der Waals surface area contributed by atoms with Gasteiger partial charge in [0.15, 0.2) is 0 Å². The van der Waals surface area contributed by atoms with Gasteiger partial charge in [0.2, 0.25) is 0 Å². The fourth-order valence-corrected chi connectivity index (χ4v) is 1.83. The van der Waals surface area contributed by atoms with Crippen LogP contribution in [-0.4, -0.2) is 13.7 Å². The lowest BCUT2D eigenvalue weighted by Gasteiger charge is -2.09. The van der Waals surface area contributed by atoms with Gasteiger partial charge in [-0.1, -0.05) is 0 Å². The Hall–Kier alpha value is -0.650. The zero-order valence-corrected chi connectivity index (χ0v) is 9.30. The Morgan fingerprint density at radius 2 is 2.21 bits per heavy atom. The highest BCUT2D eigenvalue weighted by Gasteiger charge is 2.09. The predicted octanol–water partition coefficient (Wildman–Crippen LogP) is 2.03. The molecule has 0 radical (unpaired) electrons. The van der Waals surface area contributed by atoms with Crippen molar-refractivity contribution in [3.63, 3.8) is 0 Å². The van der Waals surface area contributed by atoms with Gasteiger partial charge in [-0.3, -0.25) is 0 Å². The van der Waals surface area contributed by atoms with Crippen LogP contribution in [0, 0.1) is 5.82 Å². The van der Waals surface area contributed by atoms with Crippen LogP contribution >= 0.6 is 15.9 Å². The number of rotatable bonds is 4. The molecule has 0 aromatic heterocycles. The number of halogens is 2. The summed E-state index contributed by atoms with van der Waals surface area (Å²) in [5.41, 5.74) is 0.727. The number of methoxy groups -OCH3 is 1. The summed E-state index contributed by atoms with van der Waals surface area (Å²) in [5, 5.41) is 0. The van der Waals surface area contributed by atoms with Crippen LogP contribution in [-0.2, 0) is 11.3 Å². The molecule has 0 saturated heterocycles. The summed E-state index contributed by atoms with van der Waals surface area (Å²) in [6.07, 6.45) is 0.510. The minimum absolute atomic E-state index is 0.315. The normalized spacial score (nSPS) is 10.3. The molecule has 0 saturated carbocycles. The summed E-state index contributed by atoms with van der Waals surface area (Å²) in [6.45, 7) is 0.326. The minimum Gasteiger partial charge on any atom is -0.495 e. The summed E-state index contributed by atoms with van der Waals surface area (Å²) in [6, 6.07) is 2.76. The maximum absolute atomic E-state index is 13.0. The maximum atomic E-state index is 13.0. The van der Waals surface area contributed by atoms with E-state index in [9.17, 15) is 4.39 Å². The van der Waals surface area contributed by atoms with Gasteiger partial charge in [-0.2, -0.15) is 0 Å². The number of nitrogens with two attached hydrogens (primary N) is 1. The first-order valence-corrected chi connectivity index (χ1v) is 4.82. The zero-order valence-electron chi connectivity index (χ0n) is 7.72. The van der Waals surface area contributed by atoms with E-state index in [1.807, 2.05) is 0 Å². The molecule has 0 aliphatic rings. The molecule has 3 nitrogen and oxygen atoms in total. The zero-order chi connectivity index (χ0) is 10.6. The van der Waals surface area contributed by atoms with Crippen LogP contribution in [0.15, 0.2) is 16.6 Å². The van der Waals surface area contributed by atoms with Crippen LogP contribution in [0.1, 0.15) is 5.56 Å². The van der Waals surface area contributed by atoms with E-state index in [0.717, 1.165) is 5.56 Å². The lowest BCUT2D eigenvalue weighted by atomic mass is 10.1. The fraction of sp³-hybridized carbons (Fsp3) is 0.333. The van der Waals surface area contributed by atoms with Gasteiger partial charge in [0, 0.05) is 12.0 Å². The third-order valence-electron chi connectivity index (χ3n) is 1.78. The second kappa shape index (κ2) is 5.29. The van der Waals surface area contributed by atoms with Crippen LogP contribution < -0.4 is 10.6 Å². The third kappa shape index (κ3) is 2.67. The molecule has 0 fully saturated rings. The van der Waals surface area contributed by atoms with Gasteiger partial charge < -0.3 is 9.57 Å². The van der Waals surface area contributed by atoms with Crippen LogP contribution in [0.25, 0.3) is 0 Å². The first-order chi connectivity index (χ1) is 6.69. The van der Waals surface area contributed by atoms with Gasteiger partial charge in [0.1, 0.15) is 11.6 Å². The molecule has 5 heteroatoms. The van der Waals surface area contributed by atoms with Gasteiger partial charge in [-0.25, -0.2) is 10.3 Å². The average Bonchev–Trinajstić information content (AvgIpc) is 2.14. The Morgan fingerprint density at radius 3 is 2.79 bits per heavy atom. The Balaban J connectivity index is 2.99. The first kappa shape index (κ1) is 11.4. The average molecular weight is 264 g/mol. The Bertz CT molecular complexity index is 320. The van der Waals surface area contributed by atoms with Crippen molar-refractivity contribution in [2.75, 3.05) is 13.7 Å². The van der Waals surface area contributed by atoms with Crippen LogP contribution in [0.3, 0.4) is 0 Å². The maximum Gasteiger partial charge on any atom is 0.136 e. The van der Waals surface area contributed by atoms with Gasteiger partial charge in [0.05, 0.1) is 18.2 Å². The number of hydrogen-bond donors (Lipinski definition) is 1. The Kier molecular flexibility index (Phi) is 4.31. The fourth-order valence-electron chi connectivity index (χ4n) is 1.20. The highest BCUT2D eigenvalue weighted by Crippen LogP contribution is 2.30. The molecule has 1 rings (SSSR count). The summed E-state index contributed by atoms with van der Waals surface area (Å²) in [5.74, 6) is 5.20. The lowest BCUT2D eigenvalue weighted by molar-refractivity contribution is 0.140. The molecule has 14 heavy (non-hydrogen) atoms. The van der Waals surface area contributed by atoms with Gasteiger partial charge >= 0.3 is 0 Å². The van der Waals surface area contributed by atoms with Crippen molar-refractivity contribution < 1.29 is 14.0 Å². The topological polar surface area (TPSA) is 44.5 Å². The van der Waals surface area contributed by atoms with E-state index >= 15 is 0 Å². The minimum atomic E-state index is -0.315. The highest BCUT2D eigenvalue weighted by molar-refractivity contribution is 9.10. The smallest absolute Gasteiger partial charge is 0.136 e. The van der Waals surface area contributed by atoms with Gasteiger partial charge in [-0.05, 0) is 28.1 Å². The molecule has 2 N–H and O–H groups in total. The molecular formula is C9H11BrFNO2. The van der Waals surface area contributed by atoms with Crippen LogP contribution in [0.4, 0.5) is 4.39 Å². The Labute approximate surface area is 90.1 Å². The standard InChI is InChI=1S/C9H11BrFNO2/c1-13-9-6(2-3-14-12)4-7(11)5-8(9)10/h4-5H,2-3,12H2,1H3. The van der Waals surface area contributed by atoms with Crippen molar-refractivity contribution in [2.45, 2.75) is 6.42 Å². The number of hydrogen-bond acceptors (Lipinski definition) is 3. The van der Waals surface area contributed by atoms with Gasteiger partial charge in [-0.15, -0.1) is 0 Å². The molecule has 0 aliphatic carbocycles. The monoisotopic (exact) mass is 263 g/mol. The summed E-state index contributed by atoms with van der Waals surface area (Å²) >= 11 is 3.21. The van der Waals surface area contributed by atoms with E-state index in [2.05, 4.69) is 20.8 Å². The van der Waals surface area contributed by atoms with Crippen molar-refractivity contribution in [1.82, 2.24) is 0 Å². The molecule has 0 atom stereocenters. The summed E-state index contributed by atoms with van der Waals surface area (Å²) in [4.78, 5) is 4.43. The second-order valence-electron chi connectivity index (χ2n) is 2.70. The first-order valence-electron chi connectivity index (χ1n) is 4.02. The van der Waals surface area contributed by atoms with E-state index in [4.69, 9.17) is 10.6 Å². The molecule has 0 bridgehead atoms. The molecule has 0 amide bonds. The molecule has 0 unspecified atom stereocenters. The van der Waals surface area contributed by atoms with E-state index in [-0.39, 0.29) is 5.82 Å². The second-order valence-corrected chi connectivity index (χ2v) is 3.56. The molecule has 0 heterocycles. The van der Waals surface area contributed by atoms with Gasteiger partial charge in [0.25, 0.3) is 0 Å². The predicted molar refractivity (Wildman–Crippen MR) is 54.5 cm³/mol. The molecule has 78 valence electrons. The number of ether oxygens (including phenoxy) is 1. The molecule has 0 spiro atoms. The molecule has 0 aliphatic heterocycles. The van der Waals surface area contributed by atoms with E-state index in [1.165, 1.54) is 19.2 Å². The quantitative estimate of drug-likeness (QED) is 0.846. The SMILES string of the molecule is COc1c(Br)cc(F)cc1CCON. The molecule has 1 aromatic carbocycles. The van der Waals surface area contributed by atoms with Crippen molar-refractivity contribution in [3.05, 3.63) is 28.0 Å². The third-order valence-corrected chi connectivity index (χ3v) is 2.37.